The molecule has 0 aliphatic carbocycles. The van der Waals surface area contributed by atoms with E-state index < -0.39 is 10.0 Å². The highest BCUT2D eigenvalue weighted by Gasteiger charge is 2.20. The predicted octanol–water partition coefficient (Wildman–Crippen LogP) is 0.637. The second kappa shape index (κ2) is 5.78. The topological polar surface area (TPSA) is 97.1 Å². The van der Waals surface area contributed by atoms with Gasteiger partial charge in [-0.05, 0) is 20.0 Å². The zero-order valence-corrected chi connectivity index (χ0v) is 12.1. The summed E-state index contributed by atoms with van der Waals surface area (Å²) in [4.78, 5) is 5.78. The van der Waals surface area contributed by atoms with E-state index in [4.69, 9.17) is 0 Å². The first-order valence-electron chi connectivity index (χ1n) is 5.52. The van der Waals surface area contributed by atoms with Crippen LogP contribution in [-0.4, -0.2) is 25.6 Å². The van der Waals surface area contributed by atoms with E-state index in [0.29, 0.717) is 17.3 Å². The lowest BCUT2D eigenvalue weighted by Crippen LogP contribution is -2.24. The Morgan fingerprint density at radius 2 is 2.21 bits per heavy atom. The number of nitrogens with one attached hydrogen (secondary N) is 2. The fourth-order valence-corrected chi connectivity index (χ4v) is 4.19. The van der Waals surface area contributed by atoms with Gasteiger partial charge in [-0.3, -0.25) is 0 Å². The summed E-state index contributed by atoms with van der Waals surface area (Å²) in [7, 11) is -1.74. The first kappa shape index (κ1) is 14.1. The highest BCUT2D eigenvalue weighted by molar-refractivity contribution is 7.89. The van der Waals surface area contributed by atoms with Crippen LogP contribution in [0.4, 0.5) is 0 Å². The third-order valence-corrected chi connectivity index (χ3v) is 5.10. The van der Waals surface area contributed by atoms with E-state index >= 15 is 0 Å². The van der Waals surface area contributed by atoms with Gasteiger partial charge in [0.25, 0.3) is 0 Å². The molecule has 104 valence electrons. The van der Waals surface area contributed by atoms with Gasteiger partial charge in [-0.25, -0.2) is 13.1 Å². The first-order valence-corrected chi connectivity index (χ1v) is 7.81. The summed E-state index contributed by atoms with van der Waals surface area (Å²) in [6.07, 6.45) is 1.16. The van der Waals surface area contributed by atoms with Crippen molar-refractivity contribution in [3.63, 3.8) is 0 Å². The lowest BCUT2D eigenvalue weighted by Gasteiger charge is -2.03. The minimum Gasteiger partial charge on any atom is -0.343 e. The number of aryl methyl sites for hydroxylation is 1. The van der Waals surface area contributed by atoms with Crippen LogP contribution in [0.15, 0.2) is 21.9 Å². The van der Waals surface area contributed by atoms with E-state index in [1.165, 1.54) is 11.3 Å². The zero-order chi connectivity index (χ0) is 13.9. The number of hydrogen-bond donors (Lipinski definition) is 2. The second-order valence-electron chi connectivity index (χ2n) is 3.84. The van der Waals surface area contributed by atoms with Gasteiger partial charge in [0.15, 0.2) is 5.82 Å². The van der Waals surface area contributed by atoms with Crippen LogP contribution in [-0.2, 0) is 23.1 Å². The smallest absolute Gasteiger partial charge is 0.242 e. The Morgan fingerprint density at radius 3 is 2.84 bits per heavy atom. The zero-order valence-electron chi connectivity index (χ0n) is 10.5. The average molecular weight is 302 g/mol. The second-order valence-corrected chi connectivity index (χ2v) is 6.91. The lowest BCUT2D eigenvalue weighted by molar-refractivity contribution is 0.409. The van der Waals surface area contributed by atoms with Crippen molar-refractivity contribution in [2.45, 2.75) is 24.9 Å². The van der Waals surface area contributed by atoms with E-state index in [1.54, 1.807) is 13.0 Å². The van der Waals surface area contributed by atoms with E-state index in [2.05, 4.69) is 24.7 Å². The molecule has 0 fully saturated rings. The Balaban J connectivity index is 2.14. The Hall–Kier alpha value is -1.29. The van der Waals surface area contributed by atoms with Crippen molar-refractivity contribution < 1.29 is 12.9 Å². The molecule has 9 heteroatoms. The summed E-state index contributed by atoms with van der Waals surface area (Å²) in [5.41, 5.74) is 0. The van der Waals surface area contributed by atoms with Crippen LogP contribution in [0.5, 0.6) is 0 Å². The Bertz CT molecular complexity index is 634. The number of thiophene rings is 1. The monoisotopic (exact) mass is 302 g/mol. The van der Waals surface area contributed by atoms with Crippen LogP contribution in [0.1, 0.15) is 15.6 Å². The highest BCUT2D eigenvalue weighted by atomic mass is 32.2. The van der Waals surface area contributed by atoms with Gasteiger partial charge in [-0.2, -0.15) is 4.98 Å². The molecule has 0 saturated heterocycles. The number of aromatic nitrogens is 2. The molecule has 0 amide bonds. The molecule has 19 heavy (non-hydrogen) atoms. The van der Waals surface area contributed by atoms with Gasteiger partial charge in [0.05, 0.1) is 11.4 Å². The Labute approximate surface area is 115 Å². The maximum atomic E-state index is 12.2. The van der Waals surface area contributed by atoms with Crippen LogP contribution in [0.2, 0.25) is 0 Å². The molecule has 0 bridgehead atoms. The minimum absolute atomic E-state index is 0.00941. The minimum atomic E-state index is -3.55. The third-order valence-electron chi connectivity index (χ3n) is 2.39. The van der Waals surface area contributed by atoms with Crippen molar-refractivity contribution >= 4 is 21.4 Å². The van der Waals surface area contributed by atoms with Gasteiger partial charge in [-0.1, -0.05) is 5.16 Å². The summed E-state index contributed by atoms with van der Waals surface area (Å²) in [6, 6.07) is 1.68. The van der Waals surface area contributed by atoms with Crippen LogP contribution in [0, 0.1) is 6.92 Å². The van der Waals surface area contributed by atoms with Crippen LogP contribution in [0.25, 0.3) is 0 Å². The molecule has 0 aliphatic rings. The maximum absolute atomic E-state index is 12.2. The summed E-state index contributed by atoms with van der Waals surface area (Å²) >= 11 is 1.46. The van der Waals surface area contributed by atoms with Crippen molar-refractivity contribution in [3.05, 3.63) is 28.0 Å². The summed E-state index contributed by atoms with van der Waals surface area (Å²) < 4.78 is 31.3. The molecule has 0 saturated carbocycles. The molecule has 0 aliphatic heterocycles. The standard InChI is InChI=1S/C10H14N4O3S2/c1-7-9(3-8(18-7)4-11-2)19(15,16)13-5-10-12-6-17-14-10/h3,6,11,13H,4-5H2,1-2H3. The Morgan fingerprint density at radius 1 is 1.42 bits per heavy atom. The van der Waals surface area contributed by atoms with Gasteiger partial charge in [0, 0.05) is 16.3 Å². The van der Waals surface area contributed by atoms with Crippen LogP contribution in [0.3, 0.4) is 0 Å². The molecule has 0 spiro atoms. The third kappa shape index (κ3) is 3.38. The molecule has 2 N–H and O–H groups in total. The molecular formula is C10H14N4O3S2. The number of nitrogens with zero attached hydrogens (tertiary/aromatic N) is 2. The molecule has 0 atom stereocenters. The van der Waals surface area contributed by atoms with Crippen LogP contribution >= 0.6 is 11.3 Å². The van der Waals surface area contributed by atoms with Crippen molar-refractivity contribution in [1.29, 1.82) is 0 Å². The van der Waals surface area contributed by atoms with Gasteiger partial charge in [-0.15, -0.1) is 11.3 Å². The van der Waals surface area contributed by atoms with E-state index in [9.17, 15) is 8.42 Å². The molecule has 7 nitrogen and oxygen atoms in total. The quantitative estimate of drug-likeness (QED) is 0.812. The van der Waals surface area contributed by atoms with E-state index in [-0.39, 0.29) is 6.54 Å². The van der Waals surface area contributed by atoms with E-state index in [0.717, 1.165) is 16.1 Å². The summed E-state index contributed by atoms with van der Waals surface area (Å²) in [6.45, 7) is 2.44. The molecule has 0 unspecified atom stereocenters. The lowest BCUT2D eigenvalue weighted by atomic mass is 10.4. The maximum Gasteiger partial charge on any atom is 0.242 e. The largest absolute Gasteiger partial charge is 0.343 e. The van der Waals surface area contributed by atoms with Crippen molar-refractivity contribution in [1.82, 2.24) is 20.2 Å². The normalized spacial score (nSPS) is 11.9. The molecule has 2 rings (SSSR count). The summed E-state index contributed by atoms with van der Waals surface area (Å²) in [5.74, 6) is 0.298. The predicted molar refractivity (Wildman–Crippen MR) is 70.1 cm³/mol. The van der Waals surface area contributed by atoms with Gasteiger partial charge < -0.3 is 9.84 Å². The molecule has 2 aromatic heterocycles. The summed E-state index contributed by atoms with van der Waals surface area (Å²) in [5, 5.41) is 6.54. The number of sulfonamides is 1. The van der Waals surface area contributed by atoms with Gasteiger partial charge in [0.2, 0.25) is 16.4 Å². The molecule has 2 heterocycles. The molecule has 0 radical (unpaired) electrons. The fourth-order valence-electron chi connectivity index (χ4n) is 1.56. The Kier molecular flexibility index (Phi) is 4.30. The SMILES string of the molecule is CNCc1cc(S(=O)(=O)NCc2ncon2)c(C)s1. The number of hydrogen-bond acceptors (Lipinski definition) is 7. The molecule has 0 aromatic carbocycles. The highest BCUT2D eigenvalue weighted by Crippen LogP contribution is 2.25. The van der Waals surface area contributed by atoms with Crippen LogP contribution < -0.4 is 10.0 Å². The van der Waals surface area contributed by atoms with Gasteiger partial charge >= 0.3 is 0 Å². The van der Waals surface area contributed by atoms with E-state index in [1.807, 2.05) is 7.05 Å². The number of rotatable bonds is 6. The van der Waals surface area contributed by atoms with Crippen molar-refractivity contribution in [2.24, 2.45) is 0 Å². The van der Waals surface area contributed by atoms with Crippen molar-refractivity contribution in [3.8, 4) is 0 Å². The molecular weight excluding hydrogens is 288 g/mol. The molecule has 2 aromatic rings. The average Bonchev–Trinajstić information content (AvgIpc) is 2.97. The van der Waals surface area contributed by atoms with Crippen molar-refractivity contribution in [2.75, 3.05) is 7.05 Å². The fraction of sp³-hybridized carbons (Fsp3) is 0.400. The van der Waals surface area contributed by atoms with Gasteiger partial charge in [0.1, 0.15) is 0 Å². The first-order chi connectivity index (χ1) is 9.03.